The monoisotopic (exact) mass is 283 g/mol. The minimum Gasteiger partial charge on any atom is -0.459 e. The molecule has 4 heteroatoms. The quantitative estimate of drug-likeness (QED) is 0.942. The van der Waals surface area contributed by atoms with Crippen LogP contribution in [-0.2, 0) is 17.9 Å². The third kappa shape index (κ3) is 1.88. The minimum atomic E-state index is 0.393. The molecule has 86 valence electrons. The van der Waals surface area contributed by atoms with Gasteiger partial charge in [0.05, 0.1) is 13.2 Å². The molecular formula is C12H14BrNO2. The molecule has 0 aliphatic rings. The summed E-state index contributed by atoms with van der Waals surface area (Å²) in [6, 6.07) is 4.07. The van der Waals surface area contributed by atoms with E-state index in [9.17, 15) is 0 Å². The van der Waals surface area contributed by atoms with Gasteiger partial charge in [-0.25, -0.2) is 0 Å². The fourth-order valence-electron chi connectivity index (χ4n) is 1.89. The van der Waals surface area contributed by atoms with Crippen LogP contribution in [0.3, 0.4) is 0 Å². The number of rotatable bonds is 3. The third-order valence-corrected chi connectivity index (χ3v) is 3.06. The van der Waals surface area contributed by atoms with Gasteiger partial charge in [-0.15, -0.1) is 0 Å². The van der Waals surface area contributed by atoms with E-state index in [2.05, 4.69) is 15.9 Å². The lowest BCUT2D eigenvalue weighted by Gasteiger charge is -2.00. The molecule has 0 amide bonds. The van der Waals surface area contributed by atoms with E-state index < -0.39 is 0 Å². The Morgan fingerprint density at radius 3 is 2.81 bits per heavy atom. The molecule has 0 saturated carbocycles. The molecule has 0 unspecified atom stereocenters. The molecule has 2 aromatic rings. The summed E-state index contributed by atoms with van der Waals surface area (Å²) in [7, 11) is 1.67. The van der Waals surface area contributed by atoms with Crippen LogP contribution in [0.4, 0.5) is 0 Å². The van der Waals surface area contributed by atoms with E-state index in [1.807, 2.05) is 19.1 Å². The lowest BCUT2D eigenvalue weighted by Crippen LogP contribution is -1.99. The van der Waals surface area contributed by atoms with Gasteiger partial charge in [-0.05, 0) is 24.6 Å². The molecular weight excluding hydrogens is 270 g/mol. The second-order valence-corrected chi connectivity index (χ2v) is 4.66. The van der Waals surface area contributed by atoms with E-state index in [4.69, 9.17) is 14.9 Å². The second kappa shape index (κ2) is 4.57. The molecule has 0 bridgehead atoms. The Hall–Kier alpha value is -0.840. The van der Waals surface area contributed by atoms with Crippen molar-refractivity contribution in [2.75, 3.05) is 7.11 Å². The number of nitrogens with two attached hydrogens (primary N) is 1. The van der Waals surface area contributed by atoms with E-state index in [-0.39, 0.29) is 0 Å². The molecule has 1 aromatic carbocycles. The molecule has 16 heavy (non-hydrogen) atoms. The van der Waals surface area contributed by atoms with Crippen molar-refractivity contribution in [2.45, 2.75) is 20.1 Å². The maximum atomic E-state index is 5.76. The molecule has 0 spiro atoms. The maximum absolute atomic E-state index is 5.76. The smallest absolute Gasteiger partial charge is 0.137 e. The molecule has 0 atom stereocenters. The van der Waals surface area contributed by atoms with Gasteiger partial charge in [-0.3, -0.25) is 0 Å². The highest BCUT2D eigenvalue weighted by molar-refractivity contribution is 9.10. The van der Waals surface area contributed by atoms with Crippen molar-refractivity contribution in [3.8, 4) is 0 Å². The van der Waals surface area contributed by atoms with Crippen LogP contribution in [0.5, 0.6) is 0 Å². The van der Waals surface area contributed by atoms with E-state index in [1.54, 1.807) is 7.11 Å². The Kier molecular flexibility index (Phi) is 3.33. The van der Waals surface area contributed by atoms with Gasteiger partial charge in [0.1, 0.15) is 11.3 Å². The summed E-state index contributed by atoms with van der Waals surface area (Å²) in [5, 5.41) is 1.08. The molecule has 3 nitrogen and oxygen atoms in total. The van der Waals surface area contributed by atoms with Gasteiger partial charge in [0, 0.05) is 22.5 Å². The standard InChI is InChI=1S/C12H14BrNO2/c1-7-3-8(13)4-9-10(6-15-2)11(5-14)16-12(7)9/h3-4H,5-6,14H2,1-2H3. The van der Waals surface area contributed by atoms with Gasteiger partial charge in [0.25, 0.3) is 0 Å². The summed E-state index contributed by atoms with van der Waals surface area (Å²) in [6.07, 6.45) is 0. The van der Waals surface area contributed by atoms with Crippen molar-refractivity contribution >= 4 is 26.9 Å². The molecule has 2 N–H and O–H groups in total. The SMILES string of the molecule is COCc1c(CN)oc2c(C)cc(Br)cc12. The number of aryl methyl sites for hydroxylation is 1. The summed E-state index contributed by atoms with van der Waals surface area (Å²) in [5.74, 6) is 0.804. The first-order valence-corrected chi connectivity index (χ1v) is 5.86. The first-order valence-electron chi connectivity index (χ1n) is 5.06. The predicted molar refractivity (Wildman–Crippen MR) is 67.3 cm³/mol. The number of furan rings is 1. The molecule has 0 aliphatic carbocycles. The maximum Gasteiger partial charge on any atom is 0.137 e. The predicted octanol–water partition coefficient (Wildman–Crippen LogP) is 3.11. The molecule has 0 radical (unpaired) electrons. The Morgan fingerprint density at radius 1 is 1.44 bits per heavy atom. The third-order valence-electron chi connectivity index (χ3n) is 2.60. The van der Waals surface area contributed by atoms with Crippen molar-refractivity contribution < 1.29 is 9.15 Å². The summed E-state index contributed by atoms with van der Waals surface area (Å²) >= 11 is 3.49. The van der Waals surface area contributed by atoms with E-state index >= 15 is 0 Å². The van der Waals surface area contributed by atoms with E-state index in [0.29, 0.717) is 13.2 Å². The van der Waals surface area contributed by atoms with Crippen LogP contribution in [0.25, 0.3) is 11.0 Å². The first kappa shape index (κ1) is 11.6. The van der Waals surface area contributed by atoms with Crippen molar-refractivity contribution in [2.24, 2.45) is 5.73 Å². The largest absolute Gasteiger partial charge is 0.459 e. The normalized spacial score (nSPS) is 11.2. The van der Waals surface area contributed by atoms with Crippen LogP contribution in [-0.4, -0.2) is 7.11 Å². The van der Waals surface area contributed by atoms with Crippen LogP contribution < -0.4 is 5.73 Å². The van der Waals surface area contributed by atoms with E-state index in [1.165, 1.54) is 0 Å². The minimum absolute atomic E-state index is 0.393. The highest BCUT2D eigenvalue weighted by atomic mass is 79.9. The number of fused-ring (bicyclic) bond motifs is 1. The Morgan fingerprint density at radius 2 is 2.19 bits per heavy atom. The average Bonchev–Trinajstić information content (AvgIpc) is 2.58. The van der Waals surface area contributed by atoms with Gasteiger partial charge in [0.2, 0.25) is 0 Å². The van der Waals surface area contributed by atoms with Gasteiger partial charge in [-0.1, -0.05) is 15.9 Å². The molecule has 0 aliphatic heterocycles. The highest BCUT2D eigenvalue weighted by Gasteiger charge is 2.14. The summed E-state index contributed by atoms with van der Waals surface area (Å²) in [6.45, 7) is 2.94. The average molecular weight is 284 g/mol. The van der Waals surface area contributed by atoms with Crippen LogP contribution in [0, 0.1) is 6.92 Å². The Balaban J connectivity index is 2.73. The molecule has 1 heterocycles. The van der Waals surface area contributed by atoms with Crippen LogP contribution in [0.2, 0.25) is 0 Å². The summed E-state index contributed by atoms with van der Waals surface area (Å²) < 4.78 is 12.0. The van der Waals surface area contributed by atoms with E-state index in [0.717, 1.165) is 32.3 Å². The number of halogens is 1. The summed E-state index contributed by atoms with van der Waals surface area (Å²) in [4.78, 5) is 0. The van der Waals surface area contributed by atoms with Crippen molar-refractivity contribution in [1.82, 2.24) is 0 Å². The number of hydrogen-bond donors (Lipinski definition) is 1. The number of hydrogen-bond acceptors (Lipinski definition) is 3. The molecule has 0 fully saturated rings. The fourth-order valence-corrected chi connectivity index (χ4v) is 2.46. The zero-order valence-electron chi connectivity index (χ0n) is 9.34. The topological polar surface area (TPSA) is 48.4 Å². The Bertz CT molecular complexity index is 519. The van der Waals surface area contributed by atoms with Gasteiger partial charge in [0.15, 0.2) is 0 Å². The lowest BCUT2D eigenvalue weighted by atomic mass is 10.1. The van der Waals surface area contributed by atoms with Crippen LogP contribution in [0.1, 0.15) is 16.9 Å². The lowest BCUT2D eigenvalue weighted by molar-refractivity contribution is 0.184. The van der Waals surface area contributed by atoms with Gasteiger partial charge < -0.3 is 14.9 Å². The first-order chi connectivity index (χ1) is 7.67. The van der Waals surface area contributed by atoms with Crippen LogP contribution >= 0.6 is 15.9 Å². The second-order valence-electron chi connectivity index (χ2n) is 3.74. The van der Waals surface area contributed by atoms with Gasteiger partial charge in [-0.2, -0.15) is 0 Å². The zero-order chi connectivity index (χ0) is 11.7. The number of benzene rings is 1. The fraction of sp³-hybridized carbons (Fsp3) is 0.333. The molecule has 0 saturated heterocycles. The zero-order valence-corrected chi connectivity index (χ0v) is 10.9. The van der Waals surface area contributed by atoms with Crippen molar-refractivity contribution in [3.05, 3.63) is 33.5 Å². The Labute approximate surface area is 103 Å². The molecule has 2 rings (SSSR count). The van der Waals surface area contributed by atoms with Crippen molar-refractivity contribution in [1.29, 1.82) is 0 Å². The molecule has 1 aromatic heterocycles. The number of ether oxygens (including phenoxy) is 1. The highest BCUT2D eigenvalue weighted by Crippen LogP contribution is 2.31. The number of methoxy groups -OCH3 is 1. The van der Waals surface area contributed by atoms with Gasteiger partial charge >= 0.3 is 0 Å². The van der Waals surface area contributed by atoms with Crippen molar-refractivity contribution in [3.63, 3.8) is 0 Å². The summed E-state index contributed by atoms with van der Waals surface area (Å²) in [5.41, 5.74) is 8.71. The van der Waals surface area contributed by atoms with Crippen LogP contribution in [0.15, 0.2) is 21.0 Å².